The predicted octanol–water partition coefficient (Wildman–Crippen LogP) is 7.45. The molecule has 2 N–H and O–H groups in total. The second kappa shape index (κ2) is 12.2. The van der Waals surface area contributed by atoms with E-state index in [9.17, 15) is 4.79 Å². The van der Waals surface area contributed by atoms with E-state index in [4.69, 9.17) is 24.5 Å². The zero-order chi connectivity index (χ0) is 33.9. The molecule has 3 aliphatic carbocycles. The van der Waals surface area contributed by atoms with Crippen molar-refractivity contribution in [1.82, 2.24) is 24.5 Å². The first kappa shape index (κ1) is 31.7. The van der Waals surface area contributed by atoms with Crippen molar-refractivity contribution in [2.45, 2.75) is 82.4 Å². The van der Waals surface area contributed by atoms with Gasteiger partial charge in [-0.2, -0.15) is 0 Å². The van der Waals surface area contributed by atoms with Crippen molar-refractivity contribution in [1.29, 1.82) is 0 Å². The number of hydrogen-bond donors (Lipinski definition) is 2. The van der Waals surface area contributed by atoms with E-state index in [1.165, 1.54) is 37.6 Å². The Labute approximate surface area is 297 Å². The lowest BCUT2D eigenvalue weighted by atomic mass is 9.93. The molecule has 1 saturated heterocycles. The first-order valence-electron chi connectivity index (χ1n) is 18.2. The zero-order valence-electron chi connectivity index (χ0n) is 28.9. The quantitative estimate of drug-likeness (QED) is 0.182. The molecule has 11 heteroatoms. The molecule has 9 rings (SSSR count). The summed E-state index contributed by atoms with van der Waals surface area (Å²) in [6.07, 6.45) is 11.8. The lowest BCUT2D eigenvalue weighted by Crippen LogP contribution is -2.40. The molecule has 2 spiro atoms. The number of fused-ring (bicyclic) bond motifs is 7. The summed E-state index contributed by atoms with van der Waals surface area (Å²) in [7, 11) is 0. The van der Waals surface area contributed by atoms with Crippen LogP contribution in [0.2, 0.25) is 0 Å². The van der Waals surface area contributed by atoms with Crippen LogP contribution >= 0.6 is 11.9 Å². The number of hydrogen-bond acceptors (Lipinski definition) is 9. The largest absolute Gasteiger partial charge is 0.485 e. The number of pyridine rings is 2. The first-order chi connectivity index (χ1) is 24.3. The topological polar surface area (TPSA) is 106 Å². The van der Waals surface area contributed by atoms with E-state index in [1.54, 1.807) is 4.68 Å². The average Bonchev–Trinajstić information content (AvgIpc) is 4.08. The van der Waals surface area contributed by atoms with Crippen molar-refractivity contribution in [2.75, 3.05) is 29.9 Å². The van der Waals surface area contributed by atoms with Crippen LogP contribution in [0.25, 0.3) is 5.82 Å². The summed E-state index contributed by atoms with van der Waals surface area (Å²) in [4.78, 5) is 26.1. The summed E-state index contributed by atoms with van der Waals surface area (Å²) in [6, 6.07) is 19.6. The Morgan fingerprint density at radius 3 is 2.58 bits per heavy atom. The number of ether oxygens (including phenoxy) is 2. The van der Waals surface area contributed by atoms with E-state index in [0.717, 1.165) is 50.3 Å². The molecule has 4 aromatic rings. The van der Waals surface area contributed by atoms with Gasteiger partial charge in [0.1, 0.15) is 17.5 Å². The van der Waals surface area contributed by atoms with E-state index in [2.05, 4.69) is 28.8 Å². The molecule has 4 fully saturated rings. The summed E-state index contributed by atoms with van der Waals surface area (Å²) in [5.74, 6) is 4.43. The summed E-state index contributed by atoms with van der Waals surface area (Å²) >= 11 is 1.19. The van der Waals surface area contributed by atoms with Crippen LogP contribution in [0.1, 0.15) is 81.1 Å². The second-order valence-electron chi connectivity index (χ2n) is 15.5. The highest BCUT2D eigenvalue weighted by Gasteiger charge is 2.85. The number of amides is 1. The SMILES string of the molecule is CC1(C)CC2CCCNc3nc(ccc3OCc3ccccc3)SNC(=O)c3ccc(-n4ccc(OCCC5C6(CC6)C56CC6)n4)nc3N1C2. The van der Waals surface area contributed by atoms with Crippen molar-refractivity contribution in [3.05, 3.63) is 78.0 Å². The normalized spacial score (nSPS) is 22.6. The van der Waals surface area contributed by atoms with E-state index in [0.29, 0.717) is 69.6 Å². The van der Waals surface area contributed by atoms with Gasteiger partial charge in [-0.15, -0.1) is 5.10 Å². The Bertz CT molecular complexity index is 1890. The molecule has 3 saturated carbocycles. The molecule has 1 amide bonds. The Balaban J connectivity index is 0.938. The Hall–Kier alpha value is -4.25. The van der Waals surface area contributed by atoms with Gasteiger partial charge in [0.2, 0.25) is 5.88 Å². The molecule has 3 aromatic heterocycles. The molecule has 2 aliphatic heterocycles. The number of benzene rings is 1. The van der Waals surface area contributed by atoms with Gasteiger partial charge in [-0.1, -0.05) is 30.3 Å². The third-order valence-electron chi connectivity index (χ3n) is 12.0. The summed E-state index contributed by atoms with van der Waals surface area (Å²) in [5.41, 5.74) is 2.84. The van der Waals surface area contributed by atoms with Crippen molar-refractivity contribution in [3.63, 3.8) is 0 Å². The highest BCUT2D eigenvalue weighted by atomic mass is 32.2. The van der Waals surface area contributed by atoms with Crippen molar-refractivity contribution < 1.29 is 14.3 Å². The fraction of sp³-hybridized carbons (Fsp3) is 0.487. The molecule has 10 nitrogen and oxygen atoms in total. The van der Waals surface area contributed by atoms with Crippen LogP contribution in [0.15, 0.2) is 71.9 Å². The molecule has 5 aliphatic rings. The van der Waals surface area contributed by atoms with Crippen LogP contribution in [-0.2, 0) is 6.61 Å². The minimum absolute atomic E-state index is 0.174. The molecular weight excluding hydrogens is 647 g/mol. The van der Waals surface area contributed by atoms with Gasteiger partial charge >= 0.3 is 0 Å². The van der Waals surface area contributed by atoms with E-state index < -0.39 is 0 Å². The molecule has 260 valence electrons. The number of nitrogens with one attached hydrogen (secondary N) is 2. The lowest BCUT2D eigenvalue weighted by molar-refractivity contribution is 0.0984. The van der Waals surface area contributed by atoms with Gasteiger partial charge in [-0.25, -0.2) is 14.6 Å². The molecule has 50 heavy (non-hydrogen) atoms. The second-order valence-corrected chi connectivity index (χ2v) is 16.3. The number of carbonyl (C=O) groups excluding carboxylic acids is 1. The summed E-state index contributed by atoms with van der Waals surface area (Å²) in [5, 5.41) is 8.93. The number of carbonyl (C=O) groups is 1. The Kier molecular flexibility index (Phi) is 7.75. The monoisotopic (exact) mass is 691 g/mol. The van der Waals surface area contributed by atoms with Crippen molar-refractivity contribution in [2.24, 2.45) is 22.7 Å². The van der Waals surface area contributed by atoms with Crippen molar-refractivity contribution in [3.8, 4) is 17.4 Å². The maximum atomic E-state index is 13.9. The van der Waals surface area contributed by atoms with Gasteiger partial charge < -0.3 is 19.7 Å². The van der Waals surface area contributed by atoms with Gasteiger partial charge in [-0.3, -0.25) is 9.52 Å². The fourth-order valence-electron chi connectivity index (χ4n) is 9.27. The highest BCUT2D eigenvalue weighted by Crippen LogP contribution is 2.93. The number of anilines is 2. The minimum atomic E-state index is -0.217. The molecule has 1 atom stereocenters. The van der Waals surface area contributed by atoms with Crippen LogP contribution in [0.4, 0.5) is 11.6 Å². The molecule has 1 unspecified atom stereocenters. The van der Waals surface area contributed by atoms with Crippen LogP contribution in [0.3, 0.4) is 0 Å². The average molecular weight is 692 g/mol. The van der Waals surface area contributed by atoms with Crippen LogP contribution in [-0.4, -0.2) is 50.9 Å². The minimum Gasteiger partial charge on any atom is -0.485 e. The molecule has 0 radical (unpaired) electrons. The van der Waals surface area contributed by atoms with Gasteiger partial charge in [0.15, 0.2) is 17.4 Å². The van der Waals surface area contributed by atoms with E-state index >= 15 is 0 Å². The maximum Gasteiger partial charge on any atom is 0.265 e. The maximum absolute atomic E-state index is 13.9. The third-order valence-corrected chi connectivity index (χ3v) is 12.7. The molecular formula is C39H45N7O3S. The fourth-order valence-corrected chi connectivity index (χ4v) is 9.85. The zero-order valence-corrected chi connectivity index (χ0v) is 29.7. The third kappa shape index (κ3) is 5.77. The van der Waals surface area contributed by atoms with Crippen LogP contribution in [0.5, 0.6) is 11.6 Å². The van der Waals surface area contributed by atoms with Crippen LogP contribution < -0.4 is 24.4 Å². The van der Waals surface area contributed by atoms with Gasteiger partial charge in [0, 0.05) is 42.8 Å². The van der Waals surface area contributed by atoms with Crippen molar-refractivity contribution >= 4 is 29.5 Å². The lowest BCUT2D eigenvalue weighted by Gasteiger charge is -2.34. The van der Waals surface area contributed by atoms with E-state index in [1.807, 2.05) is 66.9 Å². The summed E-state index contributed by atoms with van der Waals surface area (Å²) in [6.45, 7) is 7.26. The van der Waals surface area contributed by atoms with Gasteiger partial charge in [0.25, 0.3) is 5.91 Å². The Morgan fingerprint density at radius 1 is 0.960 bits per heavy atom. The Morgan fingerprint density at radius 2 is 1.78 bits per heavy atom. The molecule has 5 heterocycles. The van der Waals surface area contributed by atoms with Gasteiger partial charge in [-0.05, 0) is 118 Å². The number of rotatable bonds is 8. The highest BCUT2D eigenvalue weighted by molar-refractivity contribution is 7.97. The molecule has 1 aromatic carbocycles. The predicted molar refractivity (Wildman–Crippen MR) is 194 cm³/mol. The standard InChI is InChI=1S/C39H45N7O3S/c1-37(2)23-27-9-6-20-40-34-29(49-25-26-7-4-3-5-8-26)11-13-33(42-34)50-44-36(47)28-10-12-31(41-35(28)45(37)24-27)46-21-14-32(43-46)48-22-15-30-38(16-17-38)39(30)18-19-39/h3-5,7-8,10-14,21,27,30H,6,9,15-20,22-25H2,1-2H3,(H,40,42)(H,44,47). The molecule has 4 bridgehead atoms. The van der Waals surface area contributed by atoms with Gasteiger partial charge in [0.05, 0.1) is 12.2 Å². The van der Waals surface area contributed by atoms with Crippen LogP contribution in [0, 0.1) is 22.7 Å². The summed E-state index contributed by atoms with van der Waals surface area (Å²) < 4.78 is 17.1. The first-order valence-corrected chi connectivity index (χ1v) is 19.0. The van der Waals surface area contributed by atoms with E-state index in [-0.39, 0.29) is 11.4 Å². The smallest absolute Gasteiger partial charge is 0.265 e. The number of aromatic nitrogens is 4. The number of nitrogens with zero attached hydrogens (tertiary/aromatic N) is 5.